The number of ether oxygens (including phenoxy) is 1. The molecule has 2 unspecified atom stereocenters. The fraction of sp³-hybridized carbons (Fsp3) is 0.400. The highest BCUT2D eigenvalue weighted by molar-refractivity contribution is 9.11. The lowest BCUT2D eigenvalue weighted by atomic mass is 10.1. The van der Waals surface area contributed by atoms with E-state index in [9.17, 15) is 14.3 Å². The van der Waals surface area contributed by atoms with Gasteiger partial charge in [-0.15, -0.1) is 0 Å². The number of aromatic nitrogens is 1. The van der Waals surface area contributed by atoms with Crippen molar-refractivity contribution in [2.45, 2.75) is 19.2 Å². The molecule has 0 fully saturated rings. The van der Waals surface area contributed by atoms with Crippen LogP contribution in [0.1, 0.15) is 18.7 Å². The van der Waals surface area contributed by atoms with Crippen LogP contribution in [0.5, 0.6) is 0 Å². The molecule has 0 aliphatic rings. The van der Waals surface area contributed by atoms with Gasteiger partial charge in [0, 0.05) is 15.1 Å². The second kappa shape index (κ2) is 6.42. The number of carbonyl (C=O) groups excluding carboxylic acids is 1. The molecular weight excluding hydrogens is 361 g/mol. The van der Waals surface area contributed by atoms with Gasteiger partial charge in [0.25, 0.3) is 0 Å². The second-order valence-electron chi connectivity index (χ2n) is 3.12. The van der Waals surface area contributed by atoms with E-state index in [1.165, 1.54) is 6.20 Å². The van der Waals surface area contributed by atoms with Gasteiger partial charge in [-0.05, 0) is 44.8 Å². The van der Waals surface area contributed by atoms with Crippen molar-refractivity contribution >= 4 is 37.8 Å². The molecule has 0 saturated heterocycles. The molecule has 1 rings (SSSR count). The predicted molar refractivity (Wildman–Crippen MR) is 66.1 cm³/mol. The second-order valence-corrected chi connectivity index (χ2v) is 4.89. The lowest BCUT2D eigenvalue weighted by Gasteiger charge is -2.15. The van der Waals surface area contributed by atoms with Crippen molar-refractivity contribution < 1.29 is 19.0 Å². The number of pyridine rings is 1. The number of esters is 1. The number of nitrogens with zero attached hydrogens (tertiary/aromatic N) is 1. The first-order valence-electron chi connectivity index (χ1n) is 4.77. The number of aliphatic hydroxyl groups is 1. The summed E-state index contributed by atoms with van der Waals surface area (Å²) in [4.78, 5) is 15.0. The average Bonchev–Trinajstić information content (AvgIpc) is 2.27. The van der Waals surface area contributed by atoms with Gasteiger partial charge in [-0.3, -0.25) is 4.98 Å². The van der Waals surface area contributed by atoms with Crippen molar-refractivity contribution in [3.8, 4) is 0 Å². The van der Waals surface area contributed by atoms with E-state index in [1.807, 2.05) is 0 Å². The summed E-state index contributed by atoms with van der Waals surface area (Å²) >= 11 is 6.31. The summed E-state index contributed by atoms with van der Waals surface area (Å²) in [5.41, 5.74) is 0.0498. The number of hydrogen-bond acceptors (Lipinski definition) is 4. The van der Waals surface area contributed by atoms with Crippen LogP contribution < -0.4 is 0 Å². The molecule has 0 amide bonds. The smallest absolute Gasteiger partial charge is 0.343 e. The molecule has 0 spiro atoms. The molecule has 17 heavy (non-hydrogen) atoms. The molecule has 0 aliphatic carbocycles. The van der Waals surface area contributed by atoms with Gasteiger partial charge in [-0.25, -0.2) is 9.18 Å². The molecule has 0 saturated carbocycles. The summed E-state index contributed by atoms with van der Waals surface area (Å²) in [6, 6.07) is 1.60. The van der Waals surface area contributed by atoms with Crippen LogP contribution in [-0.2, 0) is 9.53 Å². The molecule has 0 aliphatic heterocycles. The minimum Gasteiger partial charge on any atom is -0.464 e. The van der Waals surface area contributed by atoms with E-state index in [-0.39, 0.29) is 12.3 Å². The van der Waals surface area contributed by atoms with Gasteiger partial charge >= 0.3 is 5.97 Å². The fourth-order valence-electron chi connectivity index (χ4n) is 1.13. The van der Waals surface area contributed by atoms with Crippen molar-refractivity contribution in [1.29, 1.82) is 0 Å². The van der Waals surface area contributed by atoms with Gasteiger partial charge in [0.15, 0.2) is 0 Å². The number of alkyl halides is 1. The van der Waals surface area contributed by atoms with Crippen LogP contribution in [0, 0.1) is 0 Å². The normalized spacial score (nSPS) is 14.2. The molecule has 94 valence electrons. The number of carbonyl (C=O) groups is 1. The van der Waals surface area contributed by atoms with E-state index in [1.54, 1.807) is 13.0 Å². The SMILES string of the molecule is CCOC(=O)C(F)C(O)c1ncc(Br)cc1Br. The van der Waals surface area contributed by atoms with Gasteiger partial charge in [0.05, 0.1) is 12.3 Å². The highest BCUT2D eigenvalue weighted by Crippen LogP contribution is 2.27. The molecule has 4 nitrogen and oxygen atoms in total. The van der Waals surface area contributed by atoms with E-state index in [0.717, 1.165) is 0 Å². The summed E-state index contributed by atoms with van der Waals surface area (Å²) in [5, 5.41) is 9.67. The molecule has 0 radical (unpaired) electrons. The van der Waals surface area contributed by atoms with Crippen LogP contribution in [0.4, 0.5) is 4.39 Å². The van der Waals surface area contributed by atoms with E-state index in [2.05, 4.69) is 41.6 Å². The van der Waals surface area contributed by atoms with Crippen molar-refractivity contribution in [3.05, 3.63) is 26.9 Å². The van der Waals surface area contributed by atoms with Gasteiger partial charge in [0.2, 0.25) is 6.17 Å². The van der Waals surface area contributed by atoms with Gasteiger partial charge in [-0.1, -0.05) is 0 Å². The third-order valence-corrected chi connectivity index (χ3v) is 2.97. The van der Waals surface area contributed by atoms with E-state index < -0.39 is 18.2 Å². The summed E-state index contributed by atoms with van der Waals surface area (Å²) in [6.07, 6.45) is -2.40. The fourth-order valence-corrected chi connectivity index (χ4v) is 2.35. The zero-order valence-corrected chi connectivity index (χ0v) is 12.0. The van der Waals surface area contributed by atoms with E-state index >= 15 is 0 Å². The molecular formula is C10H10Br2FNO3. The van der Waals surface area contributed by atoms with Crippen LogP contribution >= 0.6 is 31.9 Å². The van der Waals surface area contributed by atoms with E-state index in [0.29, 0.717) is 8.95 Å². The van der Waals surface area contributed by atoms with Crippen LogP contribution in [0.25, 0.3) is 0 Å². The third kappa shape index (κ3) is 3.72. The van der Waals surface area contributed by atoms with Crippen LogP contribution in [0.3, 0.4) is 0 Å². The van der Waals surface area contributed by atoms with Crippen molar-refractivity contribution in [3.63, 3.8) is 0 Å². The number of hydrogen-bond donors (Lipinski definition) is 1. The number of aliphatic hydroxyl groups excluding tert-OH is 1. The Morgan fingerprint density at radius 3 is 2.82 bits per heavy atom. The molecule has 1 aromatic rings. The Kier molecular flexibility index (Phi) is 5.48. The molecule has 1 N–H and O–H groups in total. The Morgan fingerprint density at radius 2 is 2.29 bits per heavy atom. The van der Waals surface area contributed by atoms with Gasteiger partial charge in [0.1, 0.15) is 6.10 Å². The maximum absolute atomic E-state index is 13.5. The number of halogens is 3. The monoisotopic (exact) mass is 369 g/mol. The van der Waals surface area contributed by atoms with Crippen LogP contribution in [0.2, 0.25) is 0 Å². The lowest BCUT2D eigenvalue weighted by Crippen LogP contribution is -2.26. The highest BCUT2D eigenvalue weighted by atomic mass is 79.9. The Morgan fingerprint density at radius 1 is 1.65 bits per heavy atom. The first-order valence-corrected chi connectivity index (χ1v) is 6.35. The van der Waals surface area contributed by atoms with Crippen molar-refractivity contribution in [2.24, 2.45) is 0 Å². The predicted octanol–water partition coefficient (Wildman–Crippen LogP) is 2.54. The maximum atomic E-state index is 13.5. The van der Waals surface area contributed by atoms with Crippen LogP contribution in [0.15, 0.2) is 21.2 Å². The molecule has 0 aromatic carbocycles. The third-order valence-electron chi connectivity index (χ3n) is 1.91. The summed E-state index contributed by atoms with van der Waals surface area (Å²) in [7, 11) is 0. The Balaban J connectivity index is 2.88. The van der Waals surface area contributed by atoms with Crippen molar-refractivity contribution in [2.75, 3.05) is 6.61 Å². The molecule has 1 heterocycles. The van der Waals surface area contributed by atoms with Gasteiger partial charge < -0.3 is 9.84 Å². The lowest BCUT2D eigenvalue weighted by molar-refractivity contribution is -0.153. The zero-order chi connectivity index (χ0) is 13.0. The average molecular weight is 371 g/mol. The summed E-state index contributed by atoms with van der Waals surface area (Å²) < 4.78 is 19.1. The summed E-state index contributed by atoms with van der Waals surface area (Å²) in [5.74, 6) is -1.10. The topological polar surface area (TPSA) is 59.4 Å². The van der Waals surface area contributed by atoms with Crippen LogP contribution in [-0.4, -0.2) is 28.8 Å². The zero-order valence-electron chi connectivity index (χ0n) is 8.86. The van der Waals surface area contributed by atoms with E-state index in [4.69, 9.17) is 0 Å². The van der Waals surface area contributed by atoms with Gasteiger partial charge in [-0.2, -0.15) is 0 Å². The largest absolute Gasteiger partial charge is 0.464 e. The molecule has 7 heteroatoms. The maximum Gasteiger partial charge on any atom is 0.343 e. The number of rotatable bonds is 4. The Hall–Kier alpha value is -0.530. The minimum atomic E-state index is -2.15. The summed E-state index contributed by atoms with van der Waals surface area (Å²) in [6.45, 7) is 1.62. The standard InChI is InChI=1S/C10H10Br2FNO3/c1-2-17-10(16)7(13)9(15)8-6(12)3-5(11)4-14-8/h3-4,7,9,15H,2H2,1H3. The Bertz CT molecular complexity index is 417. The Labute approximate surface area is 114 Å². The molecule has 2 atom stereocenters. The molecule has 1 aromatic heterocycles. The quantitative estimate of drug-likeness (QED) is 0.827. The minimum absolute atomic E-state index is 0.0498. The first-order chi connectivity index (χ1) is 7.97. The highest BCUT2D eigenvalue weighted by Gasteiger charge is 2.31. The molecule has 0 bridgehead atoms. The first kappa shape index (κ1) is 14.5. The van der Waals surface area contributed by atoms with Crippen molar-refractivity contribution in [1.82, 2.24) is 4.98 Å².